The van der Waals surface area contributed by atoms with Gasteiger partial charge in [-0.05, 0) is 19.8 Å². The number of hydrogen-bond acceptors (Lipinski definition) is 6. The van der Waals surface area contributed by atoms with E-state index in [0.29, 0.717) is 44.8 Å². The minimum Gasteiger partial charge on any atom is -0.351 e. The highest BCUT2D eigenvalue weighted by atomic mass is 16.7. The summed E-state index contributed by atoms with van der Waals surface area (Å²) in [5.41, 5.74) is -0.506. The number of likely N-dealkylation sites (tertiary alicyclic amines) is 1. The number of amides is 3. The normalized spacial score (nSPS) is 27.5. The van der Waals surface area contributed by atoms with Gasteiger partial charge in [0.2, 0.25) is 5.91 Å². The van der Waals surface area contributed by atoms with Gasteiger partial charge >= 0.3 is 0 Å². The van der Waals surface area contributed by atoms with Crippen molar-refractivity contribution in [3.63, 3.8) is 0 Å². The van der Waals surface area contributed by atoms with Crippen molar-refractivity contribution in [2.24, 2.45) is 0 Å². The second-order valence-electron chi connectivity index (χ2n) is 10.3. The van der Waals surface area contributed by atoms with Gasteiger partial charge in [-0.1, -0.05) is 25.7 Å². The molecule has 1 saturated carbocycles. The van der Waals surface area contributed by atoms with Gasteiger partial charge in [0.25, 0.3) is 11.8 Å². The Morgan fingerprint density at radius 1 is 1.09 bits per heavy atom. The highest BCUT2D eigenvalue weighted by molar-refractivity contribution is 6.01. The Bertz CT molecular complexity index is 953. The molecule has 0 unspecified atom stereocenters. The number of carbonyl (C=O) groups excluding carboxylic acids is 3. The molecule has 34 heavy (non-hydrogen) atoms. The molecule has 0 aromatic carbocycles. The Morgan fingerprint density at radius 2 is 1.74 bits per heavy atom. The standard InChI is InChI=1S/C24H35N5O5/c1-23(22(32)25-17-7-5-3-4-6-8-17)16-29-19(21(31)27(23)2)15-18(26-29)20(30)28-11-9-24(10-12-28)33-13-14-34-24/h15,17H,3-14,16H2,1-2H3,(H,25,32)/t23-/m0/s1. The molecular formula is C24H35N5O5. The number of ether oxygens (including phenoxy) is 2. The molecule has 4 aliphatic rings. The molecule has 10 heteroatoms. The van der Waals surface area contributed by atoms with Crippen LogP contribution in [0, 0.1) is 0 Å². The second kappa shape index (κ2) is 8.96. The highest BCUT2D eigenvalue weighted by Crippen LogP contribution is 2.32. The van der Waals surface area contributed by atoms with Crippen molar-refractivity contribution in [3.8, 4) is 0 Å². The van der Waals surface area contributed by atoms with Crippen LogP contribution < -0.4 is 5.32 Å². The third-order valence-corrected chi connectivity index (χ3v) is 8.03. The van der Waals surface area contributed by atoms with Gasteiger partial charge in [0.05, 0.1) is 19.8 Å². The molecule has 1 aromatic rings. The monoisotopic (exact) mass is 473 g/mol. The van der Waals surface area contributed by atoms with E-state index in [1.165, 1.54) is 22.4 Å². The predicted octanol–water partition coefficient (Wildman–Crippen LogP) is 1.55. The molecule has 0 bridgehead atoms. The maximum absolute atomic E-state index is 13.3. The average molecular weight is 474 g/mol. The lowest BCUT2D eigenvalue weighted by Crippen LogP contribution is -2.63. The second-order valence-corrected chi connectivity index (χ2v) is 10.3. The lowest BCUT2D eigenvalue weighted by atomic mass is 9.95. The predicted molar refractivity (Wildman–Crippen MR) is 122 cm³/mol. The van der Waals surface area contributed by atoms with Gasteiger partial charge in [0, 0.05) is 45.1 Å². The van der Waals surface area contributed by atoms with Crippen LogP contribution in [0.1, 0.15) is 79.3 Å². The molecular weight excluding hydrogens is 438 g/mol. The van der Waals surface area contributed by atoms with E-state index in [0.717, 1.165) is 25.7 Å². The first-order chi connectivity index (χ1) is 16.3. The highest BCUT2D eigenvalue weighted by Gasteiger charge is 2.47. The maximum Gasteiger partial charge on any atom is 0.274 e. The number of rotatable bonds is 3. The van der Waals surface area contributed by atoms with E-state index in [9.17, 15) is 14.4 Å². The van der Waals surface area contributed by atoms with E-state index in [-0.39, 0.29) is 36.0 Å². The van der Waals surface area contributed by atoms with Crippen LogP contribution in [-0.2, 0) is 20.8 Å². The van der Waals surface area contributed by atoms with Gasteiger partial charge in [0.15, 0.2) is 11.5 Å². The first kappa shape index (κ1) is 23.3. The number of aromatic nitrogens is 2. The van der Waals surface area contributed by atoms with Gasteiger partial charge in [-0.25, -0.2) is 0 Å². The number of nitrogens with one attached hydrogen (secondary N) is 1. The van der Waals surface area contributed by atoms with Crippen molar-refractivity contribution in [2.45, 2.75) is 82.2 Å². The molecule has 186 valence electrons. The van der Waals surface area contributed by atoms with E-state index in [1.807, 2.05) is 0 Å². The summed E-state index contributed by atoms with van der Waals surface area (Å²) in [4.78, 5) is 42.9. The zero-order valence-corrected chi connectivity index (χ0v) is 20.2. The fourth-order valence-electron chi connectivity index (χ4n) is 5.59. The SMILES string of the molecule is CN1C(=O)c2cc(C(=O)N3CCC4(CC3)OCCO4)nn2C[C@@]1(C)C(=O)NC1CCCCCC1. The molecule has 10 nitrogen and oxygen atoms in total. The minimum atomic E-state index is -1.07. The zero-order valence-electron chi connectivity index (χ0n) is 20.2. The van der Waals surface area contributed by atoms with E-state index in [4.69, 9.17) is 9.47 Å². The zero-order chi connectivity index (χ0) is 23.9. The Hall–Kier alpha value is -2.46. The number of hydrogen-bond donors (Lipinski definition) is 1. The van der Waals surface area contributed by atoms with Crippen LogP contribution in [0.4, 0.5) is 0 Å². The topological polar surface area (TPSA) is 106 Å². The maximum atomic E-state index is 13.3. The van der Waals surface area contributed by atoms with Crippen LogP contribution in [0.15, 0.2) is 6.07 Å². The molecule has 0 radical (unpaired) electrons. The number of carbonyl (C=O) groups is 3. The van der Waals surface area contributed by atoms with Crippen molar-refractivity contribution in [1.82, 2.24) is 24.9 Å². The van der Waals surface area contributed by atoms with Crippen LogP contribution in [0.25, 0.3) is 0 Å². The summed E-state index contributed by atoms with van der Waals surface area (Å²) in [5.74, 6) is -1.24. The molecule has 1 atom stereocenters. The number of nitrogens with zero attached hydrogens (tertiary/aromatic N) is 4. The Morgan fingerprint density at radius 3 is 2.38 bits per heavy atom. The van der Waals surface area contributed by atoms with E-state index in [1.54, 1.807) is 24.9 Å². The average Bonchev–Trinajstić information content (AvgIpc) is 3.38. The summed E-state index contributed by atoms with van der Waals surface area (Å²) in [7, 11) is 1.65. The molecule has 1 spiro atoms. The lowest BCUT2D eigenvalue weighted by Gasteiger charge is -2.41. The van der Waals surface area contributed by atoms with Gasteiger partial charge in [-0.2, -0.15) is 5.10 Å². The van der Waals surface area contributed by atoms with E-state index < -0.39 is 11.3 Å². The summed E-state index contributed by atoms with van der Waals surface area (Å²) < 4.78 is 13.0. The molecule has 2 saturated heterocycles. The Kier molecular flexibility index (Phi) is 6.14. The summed E-state index contributed by atoms with van der Waals surface area (Å²) in [6.45, 7) is 4.18. The van der Waals surface area contributed by atoms with Gasteiger partial charge < -0.3 is 24.6 Å². The van der Waals surface area contributed by atoms with Gasteiger partial charge in [-0.3, -0.25) is 19.1 Å². The Balaban J connectivity index is 1.29. The Labute approximate surface area is 199 Å². The van der Waals surface area contributed by atoms with Crippen LogP contribution in [0.5, 0.6) is 0 Å². The first-order valence-electron chi connectivity index (χ1n) is 12.6. The number of likely N-dealkylation sites (N-methyl/N-ethyl adjacent to an activating group) is 1. The van der Waals surface area contributed by atoms with E-state index in [2.05, 4.69) is 10.4 Å². The molecule has 1 aliphatic carbocycles. The van der Waals surface area contributed by atoms with Crippen molar-refractivity contribution >= 4 is 17.7 Å². The van der Waals surface area contributed by atoms with Crippen molar-refractivity contribution in [1.29, 1.82) is 0 Å². The van der Waals surface area contributed by atoms with Gasteiger partial charge in [0.1, 0.15) is 11.2 Å². The number of fused-ring (bicyclic) bond motifs is 1. The molecule has 3 aliphatic heterocycles. The molecule has 3 amide bonds. The lowest BCUT2D eigenvalue weighted by molar-refractivity contribution is -0.181. The summed E-state index contributed by atoms with van der Waals surface area (Å²) in [6, 6.07) is 1.69. The largest absolute Gasteiger partial charge is 0.351 e. The molecule has 4 heterocycles. The third kappa shape index (κ3) is 4.11. The molecule has 5 rings (SSSR count). The molecule has 3 fully saturated rings. The first-order valence-corrected chi connectivity index (χ1v) is 12.6. The van der Waals surface area contributed by atoms with E-state index >= 15 is 0 Å². The van der Waals surface area contributed by atoms with Crippen molar-refractivity contribution in [3.05, 3.63) is 17.5 Å². The van der Waals surface area contributed by atoms with Crippen LogP contribution in [0.3, 0.4) is 0 Å². The molecule has 1 N–H and O–H groups in total. The summed E-state index contributed by atoms with van der Waals surface area (Å²) in [6.07, 6.45) is 7.81. The van der Waals surface area contributed by atoms with Crippen LogP contribution >= 0.6 is 0 Å². The number of piperidine rings is 1. The van der Waals surface area contributed by atoms with Crippen molar-refractivity contribution in [2.75, 3.05) is 33.4 Å². The van der Waals surface area contributed by atoms with Gasteiger partial charge in [-0.15, -0.1) is 0 Å². The fourth-order valence-corrected chi connectivity index (χ4v) is 5.59. The summed E-state index contributed by atoms with van der Waals surface area (Å²) >= 11 is 0. The fraction of sp³-hybridized carbons (Fsp3) is 0.750. The van der Waals surface area contributed by atoms with Crippen molar-refractivity contribution < 1.29 is 23.9 Å². The smallest absolute Gasteiger partial charge is 0.274 e. The van der Waals surface area contributed by atoms with Crippen LogP contribution in [0.2, 0.25) is 0 Å². The summed E-state index contributed by atoms with van der Waals surface area (Å²) in [5, 5.41) is 7.66. The molecule has 1 aromatic heterocycles. The van der Waals surface area contributed by atoms with Crippen LogP contribution in [-0.4, -0.2) is 88.0 Å². The third-order valence-electron chi connectivity index (χ3n) is 8.03. The minimum absolute atomic E-state index is 0.140. The quantitative estimate of drug-likeness (QED) is 0.668.